The lowest BCUT2D eigenvalue weighted by Crippen LogP contribution is -2.39. The van der Waals surface area contributed by atoms with Gasteiger partial charge in [0, 0.05) is 28.4 Å². The number of nitrogens with zero attached hydrogens (tertiary/aromatic N) is 2. The summed E-state index contributed by atoms with van der Waals surface area (Å²) in [4.78, 5) is 10.2. The van der Waals surface area contributed by atoms with Gasteiger partial charge in [-0.05, 0) is 49.9 Å². The highest BCUT2D eigenvalue weighted by atomic mass is 32.2. The van der Waals surface area contributed by atoms with Crippen LogP contribution in [0.3, 0.4) is 0 Å². The zero-order valence-corrected chi connectivity index (χ0v) is 15.3. The van der Waals surface area contributed by atoms with Crippen molar-refractivity contribution in [2.45, 2.75) is 42.9 Å². The second kappa shape index (κ2) is 6.64. The molecule has 0 saturated carbocycles. The van der Waals surface area contributed by atoms with Crippen LogP contribution in [-0.2, 0) is 0 Å². The van der Waals surface area contributed by atoms with Gasteiger partial charge in [-0.3, -0.25) is 0 Å². The third-order valence-corrected chi connectivity index (χ3v) is 6.32. The van der Waals surface area contributed by atoms with Crippen molar-refractivity contribution in [2.24, 2.45) is 10.9 Å². The van der Waals surface area contributed by atoms with Crippen molar-refractivity contribution in [3.63, 3.8) is 0 Å². The van der Waals surface area contributed by atoms with E-state index in [0.29, 0.717) is 0 Å². The summed E-state index contributed by atoms with van der Waals surface area (Å²) in [5.41, 5.74) is 3.70. The van der Waals surface area contributed by atoms with E-state index in [1.165, 1.54) is 46.0 Å². The molecular formula is C21H24N2S. The standard InChI is InChI=1S/C21H24N2S/c1-3-16-10-12-23(13-11-16)21-17-14-15(2)8-9-19(17)24-20-7-5-4-6-18(20)22-21/h4-9,14,16H,3,10-13H2,1-2H3. The Balaban J connectivity index is 1.78. The summed E-state index contributed by atoms with van der Waals surface area (Å²) in [5.74, 6) is 2.05. The Bertz CT molecular complexity index is 773. The molecule has 0 unspecified atom stereocenters. The van der Waals surface area contributed by atoms with Crippen LogP contribution >= 0.6 is 11.8 Å². The molecule has 0 N–H and O–H groups in total. The average Bonchev–Trinajstić information content (AvgIpc) is 2.78. The molecule has 1 saturated heterocycles. The molecule has 2 aliphatic heterocycles. The van der Waals surface area contributed by atoms with Gasteiger partial charge in [-0.1, -0.05) is 48.9 Å². The van der Waals surface area contributed by atoms with Crippen LogP contribution in [-0.4, -0.2) is 23.8 Å². The van der Waals surface area contributed by atoms with Crippen LogP contribution in [0.2, 0.25) is 0 Å². The Labute approximate surface area is 149 Å². The van der Waals surface area contributed by atoms with Crippen LogP contribution in [0.4, 0.5) is 5.69 Å². The third kappa shape index (κ3) is 2.98. The molecule has 0 aliphatic carbocycles. The Kier molecular flexibility index (Phi) is 4.36. The van der Waals surface area contributed by atoms with E-state index in [1.54, 1.807) is 0 Å². The lowest BCUT2D eigenvalue weighted by Gasteiger charge is -2.34. The van der Waals surface area contributed by atoms with Crippen LogP contribution in [0.1, 0.15) is 37.3 Å². The third-order valence-electron chi connectivity index (χ3n) is 5.18. The van der Waals surface area contributed by atoms with E-state index in [2.05, 4.69) is 61.2 Å². The van der Waals surface area contributed by atoms with Crippen LogP contribution in [0.25, 0.3) is 0 Å². The van der Waals surface area contributed by atoms with Gasteiger partial charge >= 0.3 is 0 Å². The molecule has 1 fully saturated rings. The Morgan fingerprint density at radius 3 is 2.67 bits per heavy atom. The average molecular weight is 337 g/mol. The minimum atomic E-state index is 0.881. The summed E-state index contributed by atoms with van der Waals surface area (Å²) in [6.07, 6.45) is 3.87. The smallest absolute Gasteiger partial charge is 0.137 e. The molecular weight excluding hydrogens is 312 g/mol. The summed E-state index contributed by atoms with van der Waals surface area (Å²) in [5, 5.41) is 0. The second-order valence-electron chi connectivity index (χ2n) is 6.84. The highest BCUT2D eigenvalue weighted by Crippen LogP contribution is 2.41. The number of hydrogen-bond donors (Lipinski definition) is 0. The van der Waals surface area contributed by atoms with Crippen molar-refractivity contribution < 1.29 is 0 Å². The molecule has 0 bridgehead atoms. The van der Waals surface area contributed by atoms with Gasteiger partial charge in [0.15, 0.2) is 0 Å². The molecule has 0 radical (unpaired) electrons. The Morgan fingerprint density at radius 1 is 1.08 bits per heavy atom. The van der Waals surface area contributed by atoms with Crippen molar-refractivity contribution in [1.82, 2.24) is 4.90 Å². The zero-order chi connectivity index (χ0) is 16.5. The maximum atomic E-state index is 5.12. The molecule has 2 aromatic rings. The minimum absolute atomic E-state index is 0.881. The first-order valence-electron chi connectivity index (χ1n) is 8.96. The largest absolute Gasteiger partial charge is 0.356 e. The fourth-order valence-electron chi connectivity index (χ4n) is 3.63. The summed E-state index contributed by atoms with van der Waals surface area (Å²) < 4.78 is 0. The van der Waals surface area contributed by atoms with Gasteiger partial charge in [-0.2, -0.15) is 0 Å². The molecule has 124 valence electrons. The fraction of sp³-hybridized carbons (Fsp3) is 0.381. The number of fused-ring (bicyclic) bond motifs is 2. The zero-order valence-electron chi connectivity index (χ0n) is 14.5. The first kappa shape index (κ1) is 15.8. The van der Waals surface area contributed by atoms with Crippen molar-refractivity contribution >= 4 is 23.3 Å². The molecule has 0 amide bonds. The molecule has 0 spiro atoms. The van der Waals surface area contributed by atoms with Crippen LogP contribution < -0.4 is 0 Å². The predicted molar refractivity (Wildman–Crippen MR) is 103 cm³/mol. The molecule has 2 nitrogen and oxygen atoms in total. The number of aryl methyl sites for hydroxylation is 1. The molecule has 2 aliphatic rings. The van der Waals surface area contributed by atoms with Crippen molar-refractivity contribution in [2.75, 3.05) is 13.1 Å². The minimum Gasteiger partial charge on any atom is -0.356 e. The maximum Gasteiger partial charge on any atom is 0.137 e. The van der Waals surface area contributed by atoms with Crippen molar-refractivity contribution in [3.05, 3.63) is 53.6 Å². The number of hydrogen-bond acceptors (Lipinski definition) is 3. The van der Waals surface area contributed by atoms with Crippen LogP contribution in [0, 0.1) is 12.8 Å². The quantitative estimate of drug-likeness (QED) is 0.668. The normalized spacial score (nSPS) is 17.8. The highest BCUT2D eigenvalue weighted by molar-refractivity contribution is 7.99. The molecule has 2 heterocycles. The van der Waals surface area contributed by atoms with E-state index in [4.69, 9.17) is 4.99 Å². The maximum absolute atomic E-state index is 5.12. The van der Waals surface area contributed by atoms with Crippen molar-refractivity contribution in [3.8, 4) is 0 Å². The number of rotatable bonds is 1. The van der Waals surface area contributed by atoms with Gasteiger partial charge in [0.05, 0.1) is 5.69 Å². The van der Waals surface area contributed by atoms with E-state index in [1.807, 2.05) is 11.8 Å². The topological polar surface area (TPSA) is 15.6 Å². The van der Waals surface area contributed by atoms with Gasteiger partial charge in [-0.25, -0.2) is 4.99 Å². The summed E-state index contributed by atoms with van der Waals surface area (Å²) in [6.45, 7) is 6.73. The Hall–Kier alpha value is -1.74. The molecule has 3 heteroatoms. The van der Waals surface area contributed by atoms with E-state index in [9.17, 15) is 0 Å². The number of amidine groups is 1. The van der Waals surface area contributed by atoms with Gasteiger partial charge in [-0.15, -0.1) is 0 Å². The molecule has 0 atom stereocenters. The van der Waals surface area contributed by atoms with Crippen LogP contribution in [0.15, 0.2) is 57.2 Å². The number of benzene rings is 2. The summed E-state index contributed by atoms with van der Waals surface area (Å²) in [7, 11) is 0. The first-order chi connectivity index (χ1) is 11.7. The fourth-order valence-corrected chi connectivity index (χ4v) is 4.63. The monoisotopic (exact) mass is 336 g/mol. The number of likely N-dealkylation sites (tertiary alicyclic amines) is 1. The number of piperidine rings is 1. The summed E-state index contributed by atoms with van der Waals surface area (Å²) >= 11 is 1.84. The van der Waals surface area contributed by atoms with E-state index >= 15 is 0 Å². The van der Waals surface area contributed by atoms with Gasteiger partial charge in [0.2, 0.25) is 0 Å². The van der Waals surface area contributed by atoms with Gasteiger partial charge < -0.3 is 4.90 Å². The molecule has 2 aromatic carbocycles. The molecule has 24 heavy (non-hydrogen) atoms. The predicted octanol–water partition coefficient (Wildman–Crippen LogP) is 5.66. The lowest BCUT2D eigenvalue weighted by atomic mass is 9.94. The van der Waals surface area contributed by atoms with Gasteiger partial charge in [0.1, 0.15) is 5.84 Å². The SMILES string of the molecule is CCC1CCN(C2=Nc3ccccc3Sc3ccc(C)cc32)CC1. The van der Waals surface area contributed by atoms with E-state index < -0.39 is 0 Å². The summed E-state index contributed by atoms with van der Waals surface area (Å²) in [6, 6.07) is 15.3. The number of aliphatic imine (C=N–C) groups is 1. The first-order valence-corrected chi connectivity index (χ1v) is 9.78. The Morgan fingerprint density at radius 2 is 1.88 bits per heavy atom. The van der Waals surface area contributed by atoms with E-state index in [-0.39, 0.29) is 0 Å². The molecule has 0 aromatic heterocycles. The van der Waals surface area contributed by atoms with E-state index in [0.717, 1.165) is 24.7 Å². The van der Waals surface area contributed by atoms with Crippen molar-refractivity contribution in [1.29, 1.82) is 0 Å². The molecule has 4 rings (SSSR count). The second-order valence-corrected chi connectivity index (χ2v) is 7.93. The number of para-hydroxylation sites is 1. The lowest BCUT2D eigenvalue weighted by molar-refractivity contribution is 0.261. The van der Waals surface area contributed by atoms with Crippen LogP contribution in [0.5, 0.6) is 0 Å². The highest BCUT2D eigenvalue weighted by Gasteiger charge is 2.25. The van der Waals surface area contributed by atoms with Gasteiger partial charge in [0.25, 0.3) is 0 Å².